The minimum atomic E-state index is -1.00. The van der Waals surface area contributed by atoms with Gasteiger partial charge in [-0.3, -0.25) is 0 Å². The van der Waals surface area contributed by atoms with Crippen LogP contribution in [0.25, 0.3) is 0 Å². The molecule has 0 aliphatic heterocycles. The zero-order valence-electron chi connectivity index (χ0n) is 11.1. The summed E-state index contributed by atoms with van der Waals surface area (Å²) in [6, 6.07) is 5.24. The lowest BCUT2D eigenvalue weighted by Gasteiger charge is -2.18. The van der Waals surface area contributed by atoms with Gasteiger partial charge in [0, 0.05) is 17.4 Å². The number of carbonyl (C=O) groups is 1. The summed E-state index contributed by atoms with van der Waals surface area (Å²) in [5.74, 6) is -1.00. The highest BCUT2D eigenvalue weighted by Gasteiger charge is 2.09. The molecule has 0 aliphatic carbocycles. The molecule has 1 atom stereocenters. The largest absolute Gasteiger partial charge is 0.478 e. The van der Waals surface area contributed by atoms with Crippen LogP contribution in [0.15, 0.2) is 18.2 Å². The van der Waals surface area contributed by atoms with Crippen LogP contribution in [0.4, 0.5) is 11.4 Å². The van der Waals surface area contributed by atoms with Gasteiger partial charge in [0.25, 0.3) is 0 Å². The van der Waals surface area contributed by atoms with E-state index in [9.17, 15) is 4.79 Å². The Labute approximate surface area is 108 Å². The monoisotopic (exact) mass is 251 g/mol. The maximum Gasteiger partial charge on any atom is 0.337 e. The Morgan fingerprint density at radius 3 is 2.67 bits per heavy atom. The smallest absolute Gasteiger partial charge is 0.337 e. The second kappa shape index (κ2) is 6.26. The minimum Gasteiger partial charge on any atom is -0.478 e. The van der Waals surface area contributed by atoms with Gasteiger partial charge in [0.15, 0.2) is 0 Å². The van der Waals surface area contributed by atoms with Crippen LogP contribution in [-0.4, -0.2) is 42.7 Å². The zero-order valence-corrected chi connectivity index (χ0v) is 11.1. The van der Waals surface area contributed by atoms with Crippen molar-refractivity contribution >= 4 is 17.3 Å². The Hall–Kier alpha value is -1.75. The summed E-state index contributed by atoms with van der Waals surface area (Å²) in [4.78, 5) is 13.0. The van der Waals surface area contributed by atoms with Crippen molar-refractivity contribution in [2.75, 3.05) is 31.7 Å². The predicted molar refractivity (Wildman–Crippen MR) is 74.1 cm³/mol. The number of nitrogens with one attached hydrogen (secondary N) is 1. The average Bonchev–Trinajstić information content (AvgIpc) is 2.26. The van der Waals surface area contributed by atoms with Crippen LogP contribution in [0.2, 0.25) is 0 Å². The van der Waals surface area contributed by atoms with Crippen molar-refractivity contribution in [2.24, 2.45) is 0 Å². The number of nitrogen functional groups attached to an aromatic ring is 1. The second-order valence-corrected chi connectivity index (χ2v) is 4.74. The molecule has 1 rings (SSSR count). The molecule has 0 aromatic heterocycles. The van der Waals surface area contributed by atoms with Crippen molar-refractivity contribution in [1.29, 1.82) is 0 Å². The van der Waals surface area contributed by atoms with Crippen LogP contribution in [0.3, 0.4) is 0 Å². The minimum absolute atomic E-state index is 0.140. The number of nitrogens with two attached hydrogens (primary N) is 1. The molecule has 1 aromatic carbocycles. The Morgan fingerprint density at radius 2 is 2.17 bits per heavy atom. The van der Waals surface area contributed by atoms with Gasteiger partial charge in [0.05, 0.1) is 5.56 Å². The molecular weight excluding hydrogens is 230 g/mol. The predicted octanol–water partition coefficient (Wildman–Crippen LogP) is 1.72. The fourth-order valence-corrected chi connectivity index (χ4v) is 1.66. The Kier molecular flexibility index (Phi) is 4.97. The van der Waals surface area contributed by atoms with Crippen molar-refractivity contribution in [3.8, 4) is 0 Å². The molecule has 0 saturated carbocycles. The van der Waals surface area contributed by atoms with Crippen molar-refractivity contribution in [3.63, 3.8) is 0 Å². The summed E-state index contributed by atoms with van der Waals surface area (Å²) >= 11 is 0. The quantitative estimate of drug-likeness (QED) is 0.671. The van der Waals surface area contributed by atoms with Crippen LogP contribution in [-0.2, 0) is 0 Å². The summed E-state index contributed by atoms with van der Waals surface area (Å²) < 4.78 is 0. The van der Waals surface area contributed by atoms with Crippen molar-refractivity contribution in [3.05, 3.63) is 23.8 Å². The van der Waals surface area contributed by atoms with E-state index in [-0.39, 0.29) is 11.3 Å². The molecule has 0 radical (unpaired) electrons. The first kappa shape index (κ1) is 14.3. The maximum atomic E-state index is 10.8. The van der Waals surface area contributed by atoms with E-state index in [0.717, 1.165) is 18.7 Å². The molecule has 0 saturated heterocycles. The second-order valence-electron chi connectivity index (χ2n) is 4.74. The molecule has 5 nitrogen and oxygen atoms in total. The fraction of sp³-hybridized carbons (Fsp3) is 0.462. The summed E-state index contributed by atoms with van der Waals surface area (Å²) in [7, 11) is 4.07. The SMILES string of the molecule is CC(CCN(C)C)Nc1ccc(C(=O)O)c(N)c1. The highest BCUT2D eigenvalue weighted by Crippen LogP contribution is 2.19. The third-order valence-electron chi connectivity index (χ3n) is 2.70. The summed E-state index contributed by atoms with van der Waals surface area (Å²) in [6.07, 6.45) is 1.01. The molecule has 1 aromatic rings. The van der Waals surface area contributed by atoms with Gasteiger partial charge in [-0.1, -0.05) is 0 Å². The van der Waals surface area contributed by atoms with Gasteiger partial charge in [-0.25, -0.2) is 4.79 Å². The molecule has 100 valence electrons. The van der Waals surface area contributed by atoms with E-state index in [1.54, 1.807) is 12.1 Å². The van der Waals surface area contributed by atoms with Crippen LogP contribution < -0.4 is 11.1 Å². The first-order valence-corrected chi connectivity index (χ1v) is 5.94. The Balaban J connectivity index is 2.63. The van der Waals surface area contributed by atoms with Gasteiger partial charge < -0.3 is 21.1 Å². The van der Waals surface area contributed by atoms with Crippen LogP contribution in [0.1, 0.15) is 23.7 Å². The number of benzene rings is 1. The number of aromatic carboxylic acids is 1. The molecule has 0 fully saturated rings. The average molecular weight is 251 g/mol. The first-order chi connectivity index (χ1) is 8.40. The van der Waals surface area contributed by atoms with E-state index >= 15 is 0 Å². The molecule has 1 unspecified atom stereocenters. The maximum absolute atomic E-state index is 10.8. The summed E-state index contributed by atoms with van der Waals surface area (Å²) in [6.45, 7) is 3.08. The highest BCUT2D eigenvalue weighted by molar-refractivity contribution is 5.94. The van der Waals surface area contributed by atoms with Crippen LogP contribution >= 0.6 is 0 Å². The van der Waals surface area contributed by atoms with Crippen molar-refractivity contribution < 1.29 is 9.90 Å². The summed E-state index contributed by atoms with van der Waals surface area (Å²) in [5, 5.41) is 12.2. The molecular formula is C13H21N3O2. The van der Waals surface area contributed by atoms with E-state index in [2.05, 4.69) is 17.1 Å². The van der Waals surface area contributed by atoms with Gasteiger partial charge in [0.2, 0.25) is 0 Å². The van der Waals surface area contributed by atoms with Gasteiger partial charge >= 0.3 is 5.97 Å². The normalized spacial score (nSPS) is 12.4. The van der Waals surface area contributed by atoms with Gasteiger partial charge in [-0.15, -0.1) is 0 Å². The third kappa shape index (κ3) is 4.25. The number of anilines is 2. The topological polar surface area (TPSA) is 78.6 Å². The number of hydrogen-bond acceptors (Lipinski definition) is 4. The Morgan fingerprint density at radius 1 is 1.50 bits per heavy atom. The first-order valence-electron chi connectivity index (χ1n) is 5.94. The van der Waals surface area contributed by atoms with Gasteiger partial charge in [0.1, 0.15) is 0 Å². The lowest BCUT2D eigenvalue weighted by atomic mass is 10.1. The lowest BCUT2D eigenvalue weighted by Crippen LogP contribution is -2.23. The number of carboxylic acid groups (broad SMARTS) is 1. The molecule has 0 amide bonds. The van der Waals surface area contributed by atoms with E-state index in [0.29, 0.717) is 6.04 Å². The molecule has 4 N–H and O–H groups in total. The molecule has 0 aliphatic rings. The molecule has 0 heterocycles. The van der Waals surface area contributed by atoms with Crippen molar-refractivity contribution in [1.82, 2.24) is 4.90 Å². The number of nitrogens with zero attached hydrogens (tertiary/aromatic N) is 1. The number of hydrogen-bond donors (Lipinski definition) is 3. The zero-order chi connectivity index (χ0) is 13.7. The van der Waals surface area contributed by atoms with E-state index in [1.165, 1.54) is 6.07 Å². The van der Waals surface area contributed by atoms with Gasteiger partial charge in [-0.2, -0.15) is 0 Å². The molecule has 18 heavy (non-hydrogen) atoms. The van der Waals surface area contributed by atoms with E-state index in [1.807, 2.05) is 14.1 Å². The molecule has 0 spiro atoms. The Bertz CT molecular complexity index is 419. The number of rotatable bonds is 6. The highest BCUT2D eigenvalue weighted by atomic mass is 16.4. The summed E-state index contributed by atoms with van der Waals surface area (Å²) in [5.41, 5.74) is 6.97. The van der Waals surface area contributed by atoms with E-state index < -0.39 is 5.97 Å². The van der Waals surface area contributed by atoms with E-state index in [4.69, 9.17) is 10.8 Å². The molecule has 0 bridgehead atoms. The standard InChI is InChI=1S/C13H21N3O2/c1-9(6-7-16(2)3)15-10-4-5-11(13(17)18)12(14)8-10/h4-5,8-9,15H,6-7,14H2,1-3H3,(H,17,18). The lowest BCUT2D eigenvalue weighted by molar-refractivity contribution is 0.0698. The van der Waals surface area contributed by atoms with Gasteiger partial charge in [-0.05, 0) is 52.2 Å². The fourth-order valence-electron chi connectivity index (χ4n) is 1.66. The number of carboxylic acids is 1. The van der Waals surface area contributed by atoms with Crippen LogP contribution in [0.5, 0.6) is 0 Å². The molecule has 5 heteroatoms. The third-order valence-corrected chi connectivity index (χ3v) is 2.70. The van der Waals surface area contributed by atoms with Crippen LogP contribution in [0, 0.1) is 0 Å². The van der Waals surface area contributed by atoms with Crippen molar-refractivity contribution in [2.45, 2.75) is 19.4 Å².